The first-order valence-electron chi connectivity index (χ1n) is 6.84. The molecule has 1 unspecified atom stereocenters. The van der Waals surface area contributed by atoms with Crippen LogP contribution >= 0.6 is 0 Å². The summed E-state index contributed by atoms with van der Waals surface area (Å²) in [5.74, 6) is -2.82. The Bertz CT molecular complexity index is 447. The number of nitrogens with zero attached hydrogens (tertiary/aromatic N) is 1. The smallest absolute Gasteiger partial charge is 0.327 e. The number of esters is 1. The maximum Gasteiger partial charge on any atom is 0.327 e. The Balaban J connectivity index is 4.30. The van der Waals surface area contributed by atoms with Gasteiger partial charge in [0.15, 0.2) is 6.10 Å². The van der Waals surface area contributed by atoms with Crippen LogP contribution in [0.1, 0.15) is 19.3 Å². The largest absolute Gasteiger partial charge is 0.550 e. The molecule has 7 nitrogen and oxygen atoms in total. The molecule has 0 fully saturated rings. The minimum atomic E-state index is -1.26. The molecular formula is C15H23NO6. The minimum absolute atomic E-state index is 0.00159. The fraction of sp³-hybridized carbons (Fsp3) is 0.533. The van der Waals surface area contributed by atoms with Crippen molar-refractivity contribution in [2.24, 2.45) is 0 Å². The van der Waals surface area contributed by atoms with Crippen molar-refractivity contribution in [2.75, 3.05) is 27.7 Å². The van der Waals surface area contributed by atoms with Crippen molar-refractivity contribution in [1.29, 1.82) is 0 Å². The molecule has 0 rings (SSSR count). The Kier molecular flexibility index (Phi) is 8.78. The average molecular weight is 313 g/mol. The number of allylic oxidation sites excluding steroid dienone is 2. The molecular weight excluding hydrogens is 290 g/mol. The van der Waals surface area contributed by atoms with Gasteiger partial charge in [0.1, 0.15) is 6.54 Å². The first-order chi connectivity index (χ1) is 10.1. The third-order valence-electron chi connectivity index (χ3n) is 2.43. The molecule has 1 atom stereocenters. The zero-order valence-electron chi connectivity index (χ0n) is 13.2. The van der Waals surface area contributed by atoms with Gasteiger partial charge in [-0.05, 0) is 6.42 Å². The normalized spacial score (nSPS) is 13.4. The molecule has 0 aliphatic rings. The number of hydrogen-bond acceptors (Lipinski definition) is 5. The summed E-state index contributed by atoms with van der Waals surface area (Å²) in [5, 5.41) is 19.1. The molecule has 0 heterocycles. The summed E-state index contributed by atoms with van der Waals surface area (Å²) in [7, 11) is 5.60. The van der Waals surface area contributed by atoms with Gasteiger partial charge in [-0.15, -0.1) is 0 Å². The van der Waals surface area contributed by atoms with E-state index in [1.807, 2.05) is 21.1 Å². The van der Waals surface area contributed by atoms with Crippen LogP contribution in [-0.4, -0.2) is 61.3 Å². The molecule has 0 saturated heterocycles. The molecule has 0 saturated carbocycles. The highest BCUT2D eigenvalue weighted by atomic mass is 16.5. The van der Waals surface area contributed by atoms with Crippen LogP contribution in [0.2, 0.25) is 0 Å². The van der Waals surface area contributed by atoms with Crippen LogP contribution in [0.4, 0.5) is 0 Å². The van der Waals surface area contributed by atoms with Gasteiger partial charge in [-0.3, -0.25) is 4.79 Å². The van der Waals surface area contributed by atoms with E-state index in [2.05, 4.69) is 0 Å². The van der Waals surface area contributed by atoms with Gasteiger partial charge in [0.25, 0.3) is 0 Å². The van der Waals surface area contributed by atoms with Crippen molar-refractivity contribution in [2.45, 2.75) is 25.4 Å². The number of carboxylic acid groups (broad SMARTS) is 2. The maximum absolute atomic E-state index is 11.7. The highest BCUT2D eigenvalue weighted by Crippen LogP contribution is 2.06. The van der Waals surface area contributed by atoms with E-state index in [1.165, 1.54) is 6.08 Å². The molecule has 0 aliphatic heterocycles. The van der Waals surface area contributed by atoms with Gasteiger partial charge in [0.2, 0.25) is 0 Å². The van der Waals surface area contributed by atoms with Crippen LogP contribution in [-0.2, 0) is 19.1 Å². The number of carbonyl (C=O) groups excluding carboxylic acids is 2. The van der Waals surface area contributed by atoms with Crippen molar-refractivity contribution in [3.8, 4) is 0 Å². The summed E-state index contributed by atoms with van der Waals surface area (Å²) >= 11 is 0. The average Bonchev–Trinajstić information content (AvgIpc) is 2.29. The standard InChI is InChI=1S/C15H23NO6/c1-16(2,3)11-12(10-14(19)20)22-15(21)9-7-5-4-6-8-13(17)18/h5-8,12H,4,9-11H2,1-3H3,(H-,17,18,19,20)/b7-5+,8-6+. The van der Waals surface area contributed by atoms with Gasteiger partial charge in [0, 0.05) is 18.5 Å². The van der Waals surface area contributed by atoms with Crippen molar-refractivity contribution < 1.29 is 33.8 Å². The molecule has 0 aromatic rings. The number of ether oxygens (including phenoxy) is 1. The molecule has 0 spiro atoms. The molecule has 0 aromatic heterocycles. The number of quaternary nitrogens is 1. The van der Waals surface area contributed by atoms with Crippen LogP contribution < -0.4 is 5.11 Å². The lowest BCUT2D eigenvalue weighted by atomic mass is 10.2. The van der Waals surface area contributed by atoms with Crippen LogP contribution in [0, 0.1) is 0 Å². The first kappa shape index (κ1) is 19.9. The summed E-state index contributed by atoms with van der Waals surface area (Å²) in [5.41, 5.74) is 0. The van der Waals surface area contributed by atoms with Gasteiger partial charge in [-0.2, -0.15) is 0 Å². The second kappa shape index (κ2) is 9.73. The monoisotopic (exact) mass is 313 g/mol. The third-order valence-corrected chi connectivity index (χ3v) is 2.43. The van der Waals surface area contributed by atoms with Gasteiger partial charge in [0.05, 0.1) is 27.6 Å². The van der Waals surface area contributed by atoms with Gasteiger partial charge < -0.3 is 24.2 Å². The molecule has 0 radical (unpaired) electrons. The second-order valence-corrected chi connectivity index (χ2v) is 5.81. The van der Waals surface area contributed by atoms with E-state index >= 15 is 0 Å². The number of aliphatic carboxylic acids is 2. The molecule has 0 aliphatic carbocycles. The van der Waals surface area contributed by atoms with Crippen LogP contribution in [0.3, 0.4) is 0 Å². The number of carboxylic acids is 2. The molecule has 124 valence electrons. The Labute approximate surface area is 130 Å². The molecule has 0 bridgehead atoms. The van der Waals surface area contributed by atoms with Crippen molar-refractivity contribution in [3.05, 3.63) is 24.3 Å². The number of hydrogen-bond donors (Lipinski definition) is 1. The van der Waals surface area contributed by atoms with E-state index < -0.39 is 24.0 Å². The van der Waals surface area contributed by atoms with E-state index in [4.69, 9.17) is 9.84 Å². The lowest BCUT2D eigenvalue weighted by Crippen LogP contribution is -2.45. The van der Waals surface area contributed by atoms with Crippen molar-refractivity contribution >= 4 is 17.9 Å². The van der Waals surface area contributed by atoms with E-state index in [-0.39, 0.29) is 12.8 Å². The van der Waals surface area contributed by atoms with Crippen molar-refractivity contribution in [3.63, 3.8) is 0 Å². The predicted octanol–water partition coefficient (Wildman–Crippen LogP) is -0.278. The van der Waals surface area contributed by atoms with E-state index in [1.54, 1.807) is 12.2 Å². The van der Waals surface area contributed by atoms with Crippen LogP contribution in [0.15, 0.2) is 24.3 Å². The van der Waals surface area contributed by atoms with Crippen LogP contribution in [0.25, 0.3) is 0 Å². The summed E-state index contributed by atoms with van der Waals surface area (Å²) in [6.07, 6.45) is 4.96. The molecule has 0 aromatic carbocycles. The second-order valence-electron chi connectivity index (χ2n) is 5.81. The summed E-state index contributed by atoms with van der Waals surface area (Å²) in [4.78, 5) is 32.6. The highest BCUT2D eigenvalue weighted by Gasteiger charge is 2.21. The number of carbonyl (C=O) groups is 3. The SMILES string of the molecule is C[N+](C)(C)CC(CC(=O)[O-])OC(=O)C/C=C/C/C=C/C(=O)O. The summed E-state index contributed by atoms with van der Waals surface area (Å²) in [6.45, 7) is 0.366. The van der Waals surface area contributed by atoms with Gasteiger partial charge in [-0.25, -0.2) is 4.79 Å². The van der Waals surface area contributed by atoms with Gasteiger partial charge in [-0.1, -0.05) is 18.2 Å². The number of likely N-dealkylation sites (N-methyl/N-ethyl adjacent to an activating group) is 1. The Hall–Kier alpha value is -2.15. The minimum Gasteiger partial charge on any atom is -0.550 e. The molecule has 0 amide bonds. The Morgan fingerprint density at radius 2 is 1.82 bits per heavy atom. The van der Waals surface area contributed by atoms with E-state index in [9.17, 15) is 19.5 Å². The fourth-order valence-corrected chi connectivity index (χ4v) is 1.70. The Morgan fingerprint density at radius 1 is 1.18 bits per heavy atom. The highest BCUT2D eigenvalue weighted by molar-refractivity contribution is 5.79. The predicted molar refractivity (Wildman–Crippen MR) is 77.6 cm³/mol. The zero-order valence-corrected chi connectivity index (χ0v) is 13.2. The lowest BCUT2D eigenvalue weighted by molar-refractivity contribution is -0.873. The molecule has 7 heteroatoms. The number of rotatable bonds is 10. The van der Waals surface area contributed by atoms with Crippen molar-refractivity contribution in [1.82, 2.24) is 0 Å². The molecule has 1 N–H and O–H groups in total. The maximum atomic E-state index is 11.7. The Morgan fingerprint density at radius 3 is 2.32 bits per heavy atom. The quantitative estimate of drug-likeness (QED) is 0.257. The summed E-state index contributed by atoms with van der Waals surface area (Å²) < 4.78 is 5.60. The summed E-state index contributed by atoms with van der Waals surface area (Å²) in [6, 6.07) is 0. The van der Waals surface area contributed by atoms with Gasteiger partial charge >= 0.3 is 11.9 Å². The molecule has 22 heavy (non-hydrogen) atoms. The van der Waals surface area contributed by atoms with E-state index in [0.717, 1.165) is 6.08 Å². The lowest BCUT2D eigenvalue weighted by Gasteiger charge is -2.29. The third kappa shape index (κ3) is 12.9. The van der Waals surface area contributed by atoms with E-state index in [0.29, 0.717) is 17.4 Å². The fourth-order valence-electron chi connectivity index (χ4n) is 1.70. The van der Waals surface area contributed by atoms with Crippen LogP contribution in [0.5, 0.6) is 0 Å². The topological polar surface area (TPSA) is 104 Å². The first-order valence-corrected chi connectivity index (χ1v) is 6.84. The zero-order chi connectivity index (χ0) is 17.2.